The number of carbonyl (C=O) groups is 2. The van der Waals surface area contributed by atoms with Crippen molar-refractivity contribution < 1.29 is 9.59 Å². The summed E-state index contributed by atoms with van der Waals surface area (Å²) in [6, 6.07) is 0. The van der Waals surface area contributed by atoms with Gasteiger partial charge in [-0.2, -0.15) is 0 Å². The Kier molecular flexibility index (Phi) is 2.77. The number of nitrogens with one attached hydrogen (secondary N) is 1. The lowest BCUT2D eigenvalue weighted by Gasteiger charge is -2.25. The van der Waals surface area contributed by atoms with Crippen LogP contribution in [-0.4, -0.2) is 17.2 Å². The van der Waals surface area contributed by atoms with Gasteiger partial charge in [0.1, 0.15) is 5.54 Å². The Labute approximate surface area is 90.9 Å². The molecule has 3 nitrogen and oxygen atoms in total. The lowest BCUT2D eigenvalue weighted by atomic mass is 9.84. The van der Waals surface area contributed by atoms with Gasteiger partial charge in [-0.05, 0) is 6.42 Å². The smallest absolute Gasteiger partial charge is 0.217 e. The van der Waals surface area contributed by atoms with Crippen LogP contribution in [0.5, 0.6) is 0 Å². The molecule has 0 aromatic rings. The quantitative estimate of drug-likeness (QED) is 0.719. The fourth-order valence-electron chi connectivity index (χ4n) is 2.02. The number of amides is 1. The number of hydrogen-bond acceptors (Lipinski definition) is 2. The van der Waals surface area contributed by atoms with Crippen LogP contribution in [0.3, 0.4) is 0 Å². The maximum absolute atomic E-state index is 12.2. The molecule has 0 aromatic heterocycles. The fraction of sp³-hybridized carbons (Fsp3) is 0.667. The predicted molar refractivity (Wildman–Crippen MR) is 59.3 cm³/mol. The van der Waals surface area contributed by atoms with Crippen molar-refractivity contribution in [3.05, 3.63) is 12.7 Å². The molecule has 1 aliphatic rings. The van der Waals surface area contributed by atoms with E-state index in [1.165, 1.54) is 6.92 Å². The number of ketones is 1. The number of Topliss-reactive ketones (excluding diaryl/α,β-unsaturated/α-hetero) is 1. The van der Waals surface area contributed by atoms with Gasteiger partial charge in [-0.3, -0.25) is 9.59 Å². The normalized spacial score (nSPS) is 29.5. The molecule has 1 rings (SSSR count). The number of carbonyl (C=O) groups excluding carboxylic acids is 2. The van der Waals surface area contributed by atoms with E-state index in [9.17, 15) is 9.59 Å². The third kappa shape index (κ3) is 2.11. The molecule has 1 saturated carbocycles. The molecule has 1 aliphatic carbocycles. The lowest BCUT2D eigenvalue weighted by Crippen LogP contribution is -2.48. The highest BCUT2D eigenvalue weighted by atomic mass is 16.2. The van der Waals surface area contributed by atoms with Crippen LogP contribution in [0, 0.1) is 11.3 Å². The lowest BCUT2D eigenvalue weighted by molar-refractivity contribution is -0.133. The van der Waals surface area contributed by atoms with Crippen LogP contribution in [0.2, 0.25) is 0 Å². The average Bonchev–Trinajstić information content (AvgIpc) is 2.75. The first-order valence-electron chi connectivity index (χ1n) is 5.20. The molecule has 15 heavy (non-hydrogen) atoms. The molecule has 3 heteroatoms. The van der Waals surface area contributed by atoms with Gasteiger partial charge in [0.25, 0.3) is 0 Å². The van der Waals surface area contributed by atoms with Crippen LogP contribution in [0.15, 0.2) is 12.7 Å². The zero-order valence-electron chi connectivity index (χ0n) is 9.89. The molecule has 0 spiro atoms. The SMILES string of the molecule is C=C[C@@H]1C[C@]1(NC(C)=O)C(=O)C(C)(C)C. The second-order valence-electron chi connectivity index (χ2n) is 5.28. The van der Waals surface area contributed by atoms with Crippen LogP contribution in [0.1, 0.15) is 34.1 Å². The highest BCUT2D eigenvalue weighted by molar-refractivity contribution is 5.99. The monoisotopic (exact) mass is 209 g/mol. The molecule has 84 valence electrons. The van der Waals surface area contributed by atoms with Gasteiger partial charge in [0.15, 0.2) is 5.78 Å². The minimum atomic E-state index is -0.675. The molecule has 0 aromatic carbocycles. The summed E-state index contributed by atoms with van der Waals surface area (Å²) in [7, 11) is 0. The summed E-state index contributed by atoms with van der Waals surface area (Å²) < 4.78 is 0. The predicted octanol–water partition coefficient (Wildman–Crippen LogP) is 1.68. The standard InChI is InChI=1S/C12H19NO2/c1-6-9-7-12(9,13-8(2)14)10(15)11(3,4)5/h6,9H,1,7H2,2-5H3,(H,13,14)/t9-,12-/m1/s1. The molecule has 0 unspecified atom stereocenters. The molecular weight excluding hydrogens is 190 g/mol. The second kappa shape index (κ2) is 3.47. The average molecular weight is 209 g/mol. The van der Waals surface area contributed by atoms with Crippen molar-refractivity contribution in [2.24, 2.45) is 11.3 Å². The van der Waals surface area contributed by atoms with E-state index in [-0.39, 0.29) is 17.6 Å². The largest absolute Gasteiger partial charge is 0.343 e. The summed E-state index contributed by atoms with van der Waals surface area (Å²) in [5.74, 6) is 0.0279. The van der Waals surface area contributed by atoms with E-state index in [0.717, 1.165) is 0 Å². The Balaban J connectivity index is 2.91. The molecule has 0 saturated heterocycles. The molecule has 0 radical (unpaired) electrons. The molecule has 0 bridgehead atoms. The van der Waals surface area contributed by atoms with Gasteiger partial charge >= 0.3 is 0 Å². The summed E-state index contributed by atoms with van der Waals surface area (Å²) in [6.07, 6.45) is 2.44. The first kappa shape index (κ1) is 12.0. The summed E-state index contributed by atoms with van der Waals surface area (Å²) >= 11 is 0. The molecule has 0 aliphatic heterocycles. The topological polar surface area (TPSA) is 46.2 Å². The fourth-order valence-corrected chi connectivity index (χ4v) is 2.02. The maximum atomic E-state index is 12.2. The Morgan fingerprint density at radius 3 is 2.27 bits per heavy atom. The highest BCUT2D eigenvalue weighted by Crippen LogP contribution is 2.48. The van der Waals surface area contributed by atoms with Crippen molar-refractivity contribution in [2.75, 3.05) is 0 Å². The van der Waals surface area contributed by atoms with Gasteiger partial charge in [-0.1, -0.05) is 26.8 Å². The molecule has 1 N–H and O–H groups in total. The summed E-state index contributed by atoms with van der Waals surface area (Å²) in [4.78, 5) is 23.3. The van der Waals surface area contributed by atoms with E-state index < -0.39 is 11.0 Å². The first-order chi connectivity index (χ1) is 6.74. The summed E-state index contributed by atoms with van der Waals surface area (Å²) in [5, 5.41) is 2.78. The van der Waals surface area contributed by atoms with Gasteiger partial charge in [0.2, 0.25) is 5.91 Å². The maximum Gasteiger partial charge on any atom is 0.217 e. The van der Waals surface area contributed by atoms with E-state index in [0.29, 0.717) is 6.42 Å². The van der Waals surface area contributed by atoms with Gasteiger partial charge in [0, 0.05) is 18.3 Å². The van der Waals surface area contributed by atoms with Gasteiger partial charge in [0.05, 0.1) is 0 Å². The van der Waals surface area contributed by atoms with Crippen LogP contribution in [0.25, 0.3) is 0 Å². The van der Waals surface area contributed by atoms with Crippen LogP contribution in [0.4, 0.5) is 0 Å². The van der Waals surface area contributed by atoms with E-state index in [4.69, 9.17) is 0 Å². The second-order valence-corrected chi connectivity index (χ2v) is 5.28. The Bertz CT molecular complexity index is 314. The van der Waals surface area contributed by atoms with Gasteiger partial charge in [-0.15, -0.1) is 6.58 Å². The van der Waals surface area contributed by atoms with Crippen LogP contribution < -0.4 is 5.32 Å². The van der Waals surface area contributed by atoms with Gasteiger partial charge < -0.3 is 5.32 Å². The van der Waals surface area contributed by atoms with Crippen molar-refractivity contribution in [3.8, 4) is 0 Å². The highest BCUT2D eigenvalue weighted by Gasteiger charge is 2.61. The summed E-state index contributed by atoms with van der Waals surface area (Å²) in [5.41, 5.74) is -1.11. The minimum absolute atomic E-state index is 0.0909. The van der Waals surface area contributed by atoms with Crippen molar-refractivity contribution in [1.82, 2.24) is 5.32 Å². The van der Waals surface area contributed by atoms with Crippen molar-refractivity contribution in [3.63, 3.8) is 0 Å². The Morgan fingerprint density at radius 1 is 1.47 bits per heavy atom. The van der Waals surface area contributed by atoms with Crippen LogP contribution >= 0.6 is 0 Å². The molecular formula is C12H19NO2. The molecule has 2 atom stereocenters. The minimum Gasteiger partial charge on any atom is -0.343 e. The van der Waals surface area contributed by atoms with E-state index in [1.807, 2.05) is 20.8 Å². The molecule has 0 heterocycles. The van der Waals surface area contributed by atoms with Crippen molar-refractivity contribution in [1.29, 1.82) is 0 Å². The Morgan fingerprint density at radius 2 is 2.00 bits per heavy atom. The van der Waals surface area contributed by atoms with Gasteiger partial charge in [-0.25, -0.2) is 0 Å². The van der Waals surface area contributed by atoms with Crippen molar-refractivity contribution >= 4 is 11.7 Å². The zero-order chi connectivity index (χ0) is 11.9. The first-order valence-corrected chi connectivity index (χ1v) is 5.20. The Hall–Kier alpha value is -1.12. The van der Waals surface area contributed by atoms with Crippen LogP contribution in [-0.2, 0) is 9.59 Å². The van der Waals surface area contributed by atoms with Crippen molar-refractivity contribution in [2.45, 2.75) is 39.7 Å². The third-order valence-corrected chi connectivity index (χ3v) is 2.78. The third-order valence-electron chi connectivity index (χ3n) is 2.78. The van der Waals surface area contributed by atoms with E-state index in [1.54, 1.807) is 6.08 Å². The van der Waals surface area contributed by atoms with E-state index in [2.05, 4.69) is 11.9 Å². The number of rotatable bonds is 3. The molecule has 1 fully saturated rings. The van der Waals surface area contributed by atoms with E-state index >= 15 is 0 Å². The number of hydrogen-bond donors (Lipinski definition) is 1. The summed E-state index contributed by atoms with van der Waals surface area (Å²) in [6.45, 7) is 10.7. The molecule has 1 amide bonds. The zero-order valence-corrected chi connectivity index (χ0v) is 9.89.